The summed E-state index contributed by atoms with van der Waals surface area (Å²) < 4.78 is 7.69. The number of ether oxygens (including phenoxy) is 1. The first-order chi connectivity index (χ1) is 10.6. The predicted molar refractivity (Wildman–Crippen MR) is 103 cm³/mol. The SMILES string of the molecule is CN=C(NCCCN(C)C)N1CCOC(c2cnn(C)c2)C1.I. The third-order valence-corrected chi connectivity index (χ3v) is 3.74. The maximum Gasteiger partial charge on any atom is 0.193 e. The number of morpholine rings is 1. The van der Waals surface area contributed by atoms with Gasteiger partial charge in [-0.05, 0) is 27.1 Å². The zero-order valence-electron chi connectivity index (χ0n) is 14.5. The number of aryl methyl sites for hydroxylation is 1. The van der Waals surface area contributed by atoms with Crippen molar-refractivity contribution < 1.29 is 4.74 Å². The third-order valence-electron chi connectivity index (χ3n) is 3.74. The average Bonchev–Trinajstić information content (AvgIpc) is 2.94. The summed E-state index contributed by atoms with van der Waals surface area (Å²) in [6, 6.07) is 0. The van der Waals surface area contributed by atoms with E-state index in [1.54, 1.807) is 0 Å². The fourth-order valence-corrected chi connectivity index (χ4v) is 2.58. The number of halogens is 1. The molecule has 23 heavy (non-hydrogen) atoms. The molecule has 0 amide bonds. The Morgan fingerprint density at radius 2 is 2.30 bits per heavy atom. The molecule has 1 N–H and O–H groups in total. The van der Waals surface area contributed by atoms with Crippen LogP contribution in [0.2, 0.25) is 0 Å². The normalized spacial score (nSPS) is 18.9. The van der Waals surface area contributed by atoms with Crippen LogP contribution in [0.3, 0.4) is 0 Å². The molecule has 132 valence electrons. The van der Waals surface area contributed by atoms with Crippen molar-refractivity contribution in [3.63, 3.8) is 0 Å². The van der Waals surface area contributed by atoms with Gasteiger partial charge in [0.1, 0.15) is 6.10 Å². The lowest BCUT2D eigenvalue weighted by Crippen LogP contribution is -2.48. The van der Waals surface area contributed by atoms with Crippen LogP contribution in [0.4, 0.5) is 0 Å². The van der Waals surface area contributed by atoms with Gasteiger partial charge >= 0.3 is 0 Å². The minimum absolute atomic E-state index is 0. The van der Waals surface area contributed by atoms with Gasteiger partial charge in [-0.15, -0.1) is 24.0 Å². The van der Waals surface area contributed by atoms with Gasteiger partial charge in [0.05, 0.1) is 19.3 Å². The van der Waals surface area contributed by atoms with Crippen LogP contribution in [-0.2, 0) is 11.8 Å². The van der Waals surface area contributed by atoms with Crippen molar-refractivity contribution >= 4 is 29.9 Å². The van der Waals surface area contributed by atoms with E-state index in [9.17, 15) is 0 Å². The quantitative estimate of drug-likeness (QED) is 0.322. The molecule has 0 bridgehead atoms. The zero-order chi connectivity index (χ0) is 15.9. The lowest BCUT2D eigenvalue weighted by molar-refractivity contribution is -0.00802. The lowest BCUT2D eigenvalue weighted by Gasteiger charge is -2.34. The third kappa shape index (κ3) is 6.27. The summed E-state index contributed by atoms with van der Waals surface area (Å²) in [5.41, 5.74) is 1.12. The molecular weight excluding hydrogens is 407 g/mol. The Morgan fingerprint density at radius 3 is 2.91 bits per heavy atom. The summed E-state index contributed by atoms with van der Waals surface area (Å²) in [7, 11) is 7.95. The van der Waals surface area contributed by atoms with Gasteiger partial charge in [-0.1, -0.05) is 0 Å². The van der Waals surface area contributed by atoms with Gasteiger partial charge in [-0.25, -0.2) is 0 Å². The minimum Gasteiger partial charge on any atom is -0.370 e. The maximum atomic E-state index is 5.87. The van der Waals surface area contributed by atoms with Crippen molar-refractivity contribution in [1.29, 1.82) is 0 Å². The Bertz CT molecular complexity index is 490. The molecule has 1 aliphatic rings. The highest BCUT2D eigenvalue weighted by atomic mass is 127. The summed E-state index contributed by atoms with van der Waals surface area (Å²) in [6.07, 6.45) is 5.05. The Hall–Kier alpha value is -0.870. The first kappa shape index (κ1) is 20.2. The highest BCUT2D eigenvalue weighted by Gasteiger charge is 2.24. The summed E-state index contributed by atoms with van der Waals surface area (Å²) in [6.45, 7) is 4.38. The minimum atomic E-state index is 0. The first-order valence-electron chi connectivity index (χ1n) is 7.80. The maximum absolute atomic E-state index is 5.87. The van der Waals surface area contributed by atoms with Crippen LogP contribution in [0.1, 0.15) is 18.1 Å². The van der Waals surface area contributed by atoms with E-state index in [-0.39, 0.29) is 30.1 Å². The Labute approximate surface area is 156 Å². The van der Waals surface area contributed by atoms with Crippen molar-refractivity contribution in [3.05, 3.63) is 18.0 Å². The van der Waals surface area contributed by atoms with Crippen molar-refractivity contribution in [2.45, 2.75) is 12.5 Å². The highest BCUT2D eigenvalue weighted by Crippen LogP contribution is 2.21. The summed E-state index contributed by atoms with van der Waals surface area (Å²) in [5, 5.41) is 7.67. The number of aromatic nitrogens is 2. The van der Waals surface area contributed by atoms with E-state index < -0.39 is 0 Å². The van der Waals surface area contributed by atoms with Crippen LogP contribution < -0.4 is 5.32 Å². The Kier molecular flexibility index (Phi) is 8.85. The second-order valence-electron chi connectivity index (χ2n) is 5.88. The fourth-order valence-electron chi connectivity index (χ4n) is 2.58. The van der Waals surface area contributed by atoms with Crippen LogP contribution in [0.25, 0.3) is 0 Å². The molecule has 0 radical (unpaired) electrons. The Balaban J connectivity index is 0.00000264. The molecule has 1 unspecified atom stereocenters. The smallest absolute Gasteiger partial charge is 0.193 e. The van der Waals surface area contributed by atoms with Gasteiger partial charge < -0.3 is 19.9 Å². The van der Waals surface area contributed by atoms with Gasteiger partial charge in [0, 0.05) is 38.9 Å². The number of rotatable bonds is 5. The predicted octanol–water partition coefficient (Wildman–Crippen LogP) is 0.938. The van der Waals surface area contributed by atoms with E-state index >= 15 is 0 Å². The topological polar surface area (TPSA) is 57.9 Å². The van der Waals surface area contributed by atoms with Crippen LogP contribution in [0.15, 0.2) is 17.4 Å². The molecule has 2 heterocycles. The number of hydrogen-bond donors (Lipinski definition) is 1. The highest BCUT2D eigenvalue weighted by molar-refractivity contribution is 14.0. The second kappa shape index (κ2) is 10.1. The molecule has 8 heteroatoms. The van der Waals surface area contributed by atoms with E-state index in [4.69, 9.17) is 4.74 Å². The number of hydrogen-bond acceptors (Lipinski definition) is 4. The van der Waals surface area contributed by atoms with Crippen LogP contribution in [0, 0.1) is 0 Å². The van der Waals surface area contributed by atoms with E-state index in [0.717, 1.165) is 44.1 Å². The summed E-state index contributed by atoms with van der Waals surface area (Å²) in [5.74, 6) is 0.955. The number of nitrogens with one attached hydrogen (secondary N) is 1. The number of nitrogens with zero attached hydrogens (tertiary/aromatic N) is 5. The molecule has 1 atom stereocenters. The molecule has 7 nitrogen and oxygen atoms in total. The monoisotopic (exact) mass is 436 g/mol. The van der Waals surface area contributed by atoms with E-state index in [1.807, 2.05) is 31.2 Å². The molecule has 0 saturated carbocycles. The van der Waals surface area contributed by atoms with Crippen LogP contribution in [0.5, 0.6) is 0 Å². The average molecular weight is 436 g/mol. The van der Waals surface area contributed by atoms with Crippen molar-refractivity contribution in [2.24, 2.45) is 12.0 Å². The van der Waals surface area contributed by atoms with Crippen LogP contribution in [-0.4, -0.2) is 79.5 Å². The molecule has 0 aliphatic carbocycles. The first-order valence-corrected chi connectivity index (χ1v) is 7.80. The van der Waals surface area contributed by atoms with E-state index in [2.05, 4.69) is 39.3 Å². The standard InChI is InChI=1S/C15H28N6O.HI/c1-16-15(17-6-5-7-19(2)3)21-8-9-22-14(12-21)13-10-18-20(4)11-13;/h10-11,14H,5-9,12H2,1-4H3,(H,16,17);1H. The molecule has 1 fully saturated rings. The van der Waals surface area contributed by atoms with Gasteiger partial charge in [0.25, 0.3) is 0 Å². The molecule has 1 aliphatic heterocycles. The van der Waals surface area contributed by atoms with E-state index in [0.29, 0.717) is 6.61 Å². The van der Waals surface area contributed by atoms with Crippen molar-refractivity contribution in [3.8, 4) is 0 Å². The van der Waals surface area contributed by atoms with Gasteiger partial charge in [0.15, 0.2) is 5.96 Å². The zero-order valence-corrected chi connectivity index (χ0v) is 16.9. The molecule has 1 aromatic rings. The largest absolute Gasteiger partial charge is 0.370 e. The van der Waals surface area contributed by atoms with Gasteiger partial charge in [0.2, 0.25) is 0 Å². The summed E-state index contributed by atoms with van der Waals surface area (Å²) in [4.78, 5) is 8.86. The molecule has 0 spiro atoms. The fraction of sp³-hybridized carbons (Fsp3) is 0.733. The van der Waals surface area contributed by atoms with Crippen molar-refractivity contribution in [1.82, 2.24) is 24.9 Å². The molecule has 1 aromatic heterocycles. The molecule has 1 saturated heterocycles. The van der Waals surface area contributed by atoms with Crippen LogP contribution >= 0.6 is 24.0 Å². The van der Waals surface area contributed by atoms with E-state index in [1.165, 1.54) is 0 Å². The Morgan fingerprint density at radius 1 is 1.52 bits per heavy atom. The van der Waals surface area contributed by atoms with Gasteiger partial charge in [-0.2, -0.15) is 5.10 Å². The lowest BCUT2D eigenvalue weighted by atomic mass is 10.1. The van der Waals surface area contributed by atoms with Gasteiger partial charge in [-0.3, -0.25) is 9.67 Å². The number of aliphatic imine (C=N–C) groups is 1. The second-order valence-corrected chi connectivity index (χ2v) is 5.88. The summed E-state index contributed by atoms with van der Waals surface area (Å²) >= 11 is 0. The molecule has 2 rings (SSSR count). The van der Waals surface area contributed by atoms with Crippen molar-refractivity contribution in [2.75, 3.05) is 53.9 Å². The number of guanidine groups is 1. The molecule has 0 aromatic carbocycles. The molecular formula is C15H29IN6O.